The lowest BCUT2D eigenvalue weighted by molar-refractivity contribution is -0.149. The first kappa shape index (κ1) is 31.1. The van der Waals surface area contributed by atoms with Crippen molar-refractivity contribution in [3.05, 3.63) is 72.1 Å². The Bertz CT molecular complexity index is 1650. The van der Waals surface area contributed by atoms with Crippen LogP contribution in [0.2, 0.25) is 0 Å². The number of rotatable bonds is 13. The van der Waals surface area contributed by atoms with Gasteiger partial charge in [-0.2, -0.15) is 11.8 Å². The van der Waals surface area contributed by atoms with Crippen LogP contribution in [0.25, 0.3) is 21.8 Å². The van der Waals surface area contributed by atoms with Crippen LogP contribution in [0.1, 0.15) is 30.4 Å². The molecule has 2 aromatic carbocycles. The predicted molar refractivity (Wildman–Crippen MR) is 171 cm³/mol. The molecule has 11 nitrogen and oxygen atoms in total. The van der Waals surface area contributed by atoms with Crippen LogP contribution in [0, 0.1) is 0 Å². The van der Waals surface area contributed by atoms with Crippen LogP contribution in [0.15, 0.2) is 60.9 Å². The van der Waals surface area contributed by atoms with Crippen molar-refractivity contribution in [1.82, 2.24) is 25.5 Å². The molecule has 0 saturated carbocycles. The first-order valence-electron chi connectivity index (χ1n) is 14.7. The van der Waals surface area contributed by atoms with Crippen molar-refractivity contribution in [3.63, 3.8) is 0 Å². The third-order valence-corrected chi connectivity index (χ3v) is 8.87. The molecule has 0 bridgehead atoms. The maximum atomic E-state index is 13.8. The summed E-state index contributed by atoms with van der Waals surface area (Å²) in [5.41, 5.74) is 9.86. The van der Waals surface area contributed by atoms with Gasteiger partial charge in [0.15, 0.2) is 0 Å². The second-order valence-corrected chi connectivity index (χ2v) is 12.2. The van der Waals surface area contributed by atoms with E-state index in [9.17, 15) is 24.3 Å². The summed E-state index contributed by atoms with van der Waals surface area (Å²) in [6, 6.07) is 11.6. The topological polar surface area (TPSA) is 173 Å². The largest absolute Gasteiger partial charge is 0.480 e. The summed E-state index contributed by atoms with van der Waals surface area (Å²) in [6.45, 7) is 0.297. The van der Waals surface area contributed by atoms with E-state index < -0.39 is 47.9 Å². The van der Waals surface area contributed by atoms with E-state index in [1.54, 1.807) is 6.20 Å². The van der Waals surface area contributed by atoms with Crippen LogP contribution < -0.4 is 16.4 Å². The zero-order valence-electron chi connectivity index (χ0n) is 24.5. The number of nitrogens with one attached hydrogen (secondary N) is 4. The number of thioether (sulfide) groups is 1. The number of carbonyl (C=O) groups excluding carboxylic acids is 3. The summed E-state index contributed by atoms with van der Waals surface area (Å²) >= 11 is 1.53. The van der Waals surface area contributed by atoms with Crippen molar-refractivity contribution in [3.8, 4) is 0 Å². The van der Waals surface area contributed by atoms with Crippen LogP contribution in [-0.4, -0.2) is 86.4 Å². The van der Waals surface area contributed by atoms with Crippen LogP contribution in [0.5, 0.6) is 0 Å². The molecule has 2 aromatic heterocycles. The van der Waals surface area contributed by atoms with Crippen LogP contribution in [0.3, 0.4) is 0 Å². The summed E-state index contributed by atoms with van der Waals surface area (Å²) in [7, 11) is 0. The Morgan fingerprint density at radius 3 is 2.14 bits per heavy atom. The van der Waals surface area contributed by atoms with Crippen LogP contribution in [0.4, 0.5) is 0 Å². The Hall–Kier alpha value is -4.29. The summed E-state index contributed by atoms with van der Waals surface area (Å²) in [6.07, 6.45) is 7.22. The highest BCUT2D eigenvalue weighted by Crippen LogP contribution is 2.23. The molecule has 4 unspecified atom stereocenters. The van der Waals surface area contributed by atoms with Gasteiger partial charge < -0.3 is 36.3 Å². The van der Waals surface area contributed by atoms with Crippen molar-refractivity contribution in [2.24, 2.45) is 5.73 Å². The maximum absolute atomic E-state index is 13.8. The molecule has 1 saturated heterocycles. The number of nitrogens with two attached hydrogens (primary N) is 1. The second-order valence-electron chi connectivity index (χ2n) is 11.2. The van der Waals surface area contributed by atoms with E-state index in [4.69, 9.17) is 5.73 Å². The summed E-state index contributed by atoms with van der Waals surface area (Å²) in [5.74, 6) is -1.93. The summed E-state index contributed by atoms with van der Waals surface area (Å²) < 4.78 is 0. The molecule has 4 atom stereocenters. The number of amides is 3. The number of aromatic nitrogens is 2. The Morgan fingerprint density at radius 2 is 1.52 bits per heavy atom. The molecule has 7 N–H and O–H groups in total. The number of carbonyl (C=O) groups is 4. The number of carboxylic acid groups (broad SMARTS) is 1. The molecule has 5 rings (SSSR count). The van der Waals surface area contributed by atoms with Gasteiger partial charge in [0.05, 0.1) is 6.04 Å². The lowest BCUT2D eigenvalue weighted by Gasteiger charge is -2.29. The van der Waals surface area contributed by atoms with Gasteiger partial charge in [0, 0.05) is 47.2 Å². The quantitative estimate of drug-likeness (QED) is 0.134. The number of benzene rings is 2. The third kappa shape index (κ3) is 6.92. The van der Waals surface area contributed by atoms with E-state index in [1.807, 2.05) is 61.0 Å². The van der Waals surface area contributed by atoms with Gasteiger partial charge in [-0.25, -0.2) is 4.79 Å². The number of para-hydroxylation sites is 2. The van der Waals surface area contributed by atoms with Gasteiger partial charge in [0.1, 0.15) is 18.1 Å². The third-order valence-electron chi connectivity index (χ3n) is 8.23. The fraction of sp³-hybridized carbons (Fsp3) is 0.375. The zero-order chi connectivity index (χ0) is 31.2. The Balaban J connectivity index is 1.34. The molecule has 12 heteroatoms. The molecule has 1 aliphatic rings. The molecule has 0 radical (unpaired) electrons. The second kappa shape index (κ2) is 14.0. The number of hydrogen-bond acceptors (Lipinski definition) is 6. The molecule has 3 amide bonds. The molecule has 44 heavy (non-hydrogen) atoms. The molecule has 0 spiro atoms. The van der Waals surface area contributed by atoms with Gasteiger partial charge in [0.2, 0.25) is 17.7 Å². The maximum Gasteiger partial charge on any atom is 0.326 e. The van der Waals surface area contributed by atoms with Gasteiger partial charge in [-0.1, -0.05) is 36.4 Å². The molecule has 1 aliphatic heterocycles. The van der Waals surface area contributed by atoms with Gasteiger partial charge in [0.25, 0.3) is 0 Å². The van der Waals surface area contributed by atoms with Crippen molar-refractivity contribution < 1.29 is 24.3 Å². The Kier molecular flexibility index (Phi) is 9.91. The van der Waals surface area contributed by atoms with Crippen molar-refractivity contribution in [1.29, 1.82) is 0 Å². The normalized spacial score (nSPS) is 17.0. The lowest BCUT2D eigenvalue weighted by atomic mass is 10.0. The fourth-order valence-electron chi connectivity index (χ4n) is 5.89. The molecule has 0 aliphatic carbocycles. The predicted octanol–water partition coefficient (Wildman–Crippen LogP) is 2.56. The minimum Gasteiger partial charge on any atom is -0.480 e. The van der Waals surface area contributed by atoms with E-state index in [2.05, 4.69) is 20.6 Å². The first-order valence-corrected chi connectivity index (χ1v) is 16.1. The van der Waals surface area contributed by atoms with Gasteiger partial charge >= 0.3 is 5.97 Å². The smallest absolute Gasteiger partial charge is 0.326 e. The zero-order valence-corrected chi connectivity index (χ0v) is 25.4. The standard InChI is InChI=1S/C32H38N6O5S/c1-44-14-12-26(36-29(39)23(33)15-19-17-34-24-9-4-2-7-21(19)24)30(40)37-27(31(41)38-13-6-11-28(38)32(42)43)16-20-18-35-25-10-5-3-8-22(20)25/h2-5,7-10,17-18,23,26-28,34-35H,6,11-16,33H2,1H3,(H,36,39)(H,37,40)(H,42,43). The number of likely N-dealkylation sites (tertiary alicyclic amines) is 1. The van der Waals surface area contributed by atoms with Gasteiger partial charge in [-0.3, -0.25) is 14.4 Å². The summed E-state index contributed by atoms with van der Waals surface area (Å²) in [4.78, 5) is 60.5. The minimum atomic E-state index is -1.07. The van der Waals surface area contributed by atoms with E-state index in [-0.39, 0.29) is 12.8 Å². The number of H-pyrrole nitrogens is 2. The number of aliphatic carboxylic acids is 1. The summed E-state index contributed by atoms with van der Waals surface area (Å²) in [5, 5.41) is 17.3. The average Bonchev–Trinajstić information content (AvgIpc) is 3.78. The van der Waals surface area contributed by atoms with Crippen molar-refractivity contribution >= 4 is 57.3 Å². The van der Waals surface area contributed by atoms with Gasteiger partial charge in [-0.15, -0.1) is 0 Å². The van der Waals surface area contributed by atoms with E-state index in [0.29, 0.717) is 31.6 Å². The number of hydrogen-bond donors (Lipinski definition) is 6. The number of carboxylic acids is 1. The highest BCUT2D eigenvalue weighted by Gasteiger charge is 2.38. The Morgan fingerprint density at radius 1 is 0.932 bits per heavy atom. The number of nitrogens with zero attached hydrogens (tertiary/aromatic N) is 1. The molecule has 232 valence electrons. The SMILES string of the molecule is CSCCC(NC(=O)C(N)Cc1c[nH]c2ccccc12)C(=O)NC(Cc1c[nH]c2ccccc12)C(=O)N1CCCC1C(=O)O. The van der Waals surface area contributed by atoms with Crippen LogP contribution in [-0.2, 0) is 32.0 Å². The number of fused-ring (bicyclic) bond motifs is 2. The van der Waals surface area contributed by atoms with Gasteiger partial charge in [-0.05, 0) is 61.0 Å². The van der Waals surface area contributed by atoms with E-state index in [0.717, 1.165) is 32.9 Å². The fourth-order valence-corrected chi connectivity index (χ4v) is 6.36. The van der Waals surface area contributed by atoms with E-state index >= 15 is 0 Å². The molecule has 4 aromatic rings. The first-order chi connectivity index (χ1) is 21.3. The monoisotopic (exact) mass is 618 g/mol. The van der Waals surface area contributed by atoms with Crippen molar-refractivity contribution in [2.45, 2.75) is 56.3 Å². The highest BCUT2D eigenvalue weighted by atomic mass is 32.2. The van der Waals surface area contributed by atoms with Crippen LogP contribution >= 0.6 is 11.8 Å². The van der Waals surface area contributed by atoms with Crippen molar-refractivity contribution in [2.75, 3.05) is 18.6 Å². The lowest BCUT2D eigenvalue weighted by Crippen LogP contribution is -2.58. The average molecular weight is 619 g/mol. The molecule has 1 fully saturated rings. The highest BCUT2D eigenvalue weighted by molar-refractivity contribution is 7.98. The minimum absolute atomic E-state index is 0.153. The Labute approximate surface area is 259 Å². The molecular weight excluding hydrogens is 580 g/mol. The van der Waals surface area contributed by atoms with E-state index in [1.165, 1.54) is 16.7 Å². The number of aromatic amines is 2. The molecule has 3 heterocycles. The molecular formula is C32H38N6O5S.